The lowest BCUT2D eigenvalue weighted by molar-refractivity contribution is -0.0571. The van der Waals surface area contributed by atoms with Crippen LogP contribution in [0.1, 0.15) is 106 Å². The van der Waals surface area contributed by atoms with E-state index in [1.54, 1.807) is 11.1 Å². The summed E-state index contributed by atoms with van der Waals surface area (Å²) in [7, 11) is 0. The summed E-state index contributed by atoms with van der Waals surface area (Å²) in [5.74, 6) is 5.15. The van der Waals surface area contributed by atoms with E-state index in [1.807, 2.05) is 0 Å². The highest BCUT2D eigenvalue weighted by Gasteiger charge is 2.59. The molecule has 1 nitrogen and oxygen atoms in total. The standard InChI is InChI=1S/C29H48O/c1-7-21(19(2)3)9-8-20(4)25-12-13-26-24-11-10-22-18-23(30)14-16-28(22,5)27(24)15-17-29(25,26)6/h7,10,19-20,23-27,30H,8-9,11-18H2,1-6H3/b21-7+/t20-,23+,24-,25-,26+,27-,28+,29-/m1/s1. The third-order valence-corrected chi connectivity index (χ3v) is 10.8. The lowest BCUT2D eigenvalue weighted by Crippen LogP contribution is -2.50. The summed E-state index contributed by atoms with van der Waals surface area (Å²) in [6, 6.07) is 0. The Morgan fingerprint density at radius 1 is 1.10 bits per heavy atom. The molecule has 0 saturated heterocycles. The van der Waals surface area contributed by atoms with Crippen LogP contribution in [0.15, 0.2) is 23.3 Å². The number of aliphatic hydroxyl groups is 1. The van der Waals surface area contributed by atoms with Gasteiger partial charge in [-0.3, -0.25) is 0 Å². The van der Waals surface area contributed by atoms with Gasteiger partial charge < -0.3 is 5.11 Å². The Morgan fingerprint density at radius 2 is 1.87 bits per heavy atom. The maximum Gasteiger partial charge on any atom is 0.0577 e. The molecular formula is C29H48O. The molecule has 4 aliphatic rings. The van der Waals surface area contributed by atoms with Crippen LogP contribution in [0.3, 0.4) is 0 Å². The molecule has 3 saturated carbocycles. The van der Waals surface area contributed by atoms with Crippen LogP contribution in [-0.2, 0) is 0 Å². The van der Waals surface area contributed by atoms with E-state index in [2.05, 4.69) is 53.7 Å². The van der Waals surface area contributed by atoms with Crippen LogP contribution in [0, 0.1) is 46.3 Å². The second-order valence-electron chi connectivity index (χ2n) is 12.4. The van der Waals surface area contributed by atoms with Gasteiger partial charge in [0.2, 0.25) is 0 Å². The van der Waals surface area contributed by atoms with E-state index < -0.39 is 0 Å². The number of fused-ring (bicyclic) bond motifs is 5. The van der Waals surface area contributed by atoms with Crippen LogP contribution >= 0.6 is 0 Å². The smallest absolute Gasteiger partial charge is 0.0577 e. The van der Waals surface area contributed by atoms with Gasteiger partial charge in [0.25, 0.3) is 0 Å². The Morgan fingerprint density at radius 3 is 2.57 bits per heavy atom. The average Bonchev–Trinajstić information content (AvgIpc) is 3.06. The van der Waals surface area contributed by atoms with Crippen molar-refractivity contribution in [3.8, 4) is 0 Å². The fourth-order valence-corrected chi connectivity index (χ4v) is 8.98. The second kappa shape index (κ2) is 8.42. The normalized spacial score (nSPS) is 44.9. The van der Waals surface area contributed by atoms with Crippen LogP contribution in [0.25, 0.3) is 0 Å². The van der Waals surface area contributed by atoms with E-state index in [0.717, 1.165) is 42.4 Å². The van der Waals surface area contributed by atoms with Gasteiger partial charge in [0.05, 0.1) is 6.10 Å². The van der Waals surface area contributed by atoms with E-state index in [1.165, 1.54) is 51.4 Å². The zero-order chi connectivity index (χ0) is 21.7. The highest BCUT2D eigenvalue weighted by molar-refractivity contribution is 5.25. The van der Waals surface area contributed by atoms with Crippen molar-refractivity contribution in [1.29, 1.82) is 0 Å². The number of hydrogen-bond acceptors (Lipinski definition) is 1. The SMILES string of the molecule is C/C=C(\CC[C@@H](C)[C@H]1CC[C@H]2[C@H]3CC=C4C[C@@H](O)CC[C@]4(C)[C@@H]3CC[C@]12C)C(C)C. The van der Waals surface area contributed by atoms with Gasteiger partial charge in [-0.05, 0) is 117 Å². The van der Waals surface area contributed by atoms with Gasteiger partial charge in [-0.1, -0.05) is 57.9 Å². The third kappa shape index (κ3) is 3.66. The van der Waals surface area contributed by atoms with Crippen molar-refractivity contribution in [3.05, 3.63) is 23.3 Å². The predicted molar refractivity (Wildman–Crippen MR) is 128 cm³/mol. The lowest BCUT2D eigenvalue weighted by atomic mass is 9.47. The number of aliphatic hydroxyl groups excluding tert-OH is 1. The molecule has 4 rings (SSSR count). The maximum atomic E-state index is 10.2. The van der Waals surface area contributed by atoms with Crippen molar-refractivity contribution in [3.63, 3.8) is 0 Å². The second-order valence-corrected chi connectivity index (χ2v) is 12.4. The molecule has 0 bridgehead atoms. The Labute approximate surface area is 186 Å². The Hall–Kier alpha value is -0.560. The summed E-state index contributed by atoms with van der Waals surface area (Å²) in [6.07, 6.45) is 17.8. The molecule has 1 N–H and O–H groups in total. The Bertz CT molecular complexity index is 686. The first-order valence-corrected chi connectivity index (χ1v) is 13.2. The van der Waals surface area contributed by atoms with Crippen LogP contribution in [-0.4, -0.2) is 11.2 Å². The highest BCUT2D eigenvalue weighted by Crippen LogP contribution is 2.67. The molecule has 170 valence electrons. The topological polar surface area (TPSA) is 20.2 Å². The minimum absolute atomic E-state index is 0.0839. The summed E-state index contributed by atoms with van der Waals surface area (Å²) in [4.78, 5) is 0. The van der Waals surface area contributed by atoms with Gasteiger partial charge in [-0.15, -0.1) is 0 Å². The van der Waals surface area contributed by atoms with Gasteiger partial charge in [0.15, 0.2) is 0 Å². The first kappa shape index (κ1) is 22.6. The molecule has 0 aromatic heterocycles. The van der Waals surface area contributed by atoms with Crippen molar-refractivity contribution in [2.75, 3.05) is 0 Å². The number of allylic oxidation sites excluding steroid dienone is 3. The van der Waals surface area contributed by atoms with E-state index in [4.69, 9.17) is 0 Å². The van der Waals surface area contributed by atoms with E-state index >= 15 is 0 Å². The van der Waals surface area contributed by atoms with Crippen molar-refractivity contribution < 1.29 is 5.11 Å². The first-order chi connectivity index (χ1) is 14.2. The van der Waals surface area contributed by atoms with E-state index in [9.17, 15) is 5.11 Å². The van der Waals surface area contributed by atoms with Crippen molar-refractivity contribution >= 4 is 0 Å². The van der Waals surface area contributed by atoms with Crippen molar-refractivity contribution in [2.45, 2.75) is 112 Å². The van der Waals surface area contributed by atoms with E-state index in [-0.39, 0.29) is 6.10 Å². The van der Waals surface area contributed by atoms with Crippen molar-refractivity contribution in [1.82, 2.24) is 0 Å². The summed E-state index contributed by atoms with van der Waals surface area (Å²) in [5, 5.41) is 10.2. The molecule has 0 radical (unpaired) electrons. The van der Waals surface area contributed by atoms with Gasteiger partial charge in [0.1, 0.15) is 0 Å². The number of hydrogen-bond donors (Lipinski definition) is 1. The van der Waals surface area contributed by atoms with Gasteiger partial charge in [0, 0.05) is 0 Å². The minimum atomic E-state index is -0.0839. The summed E-state index contributed by atoms with van der Waals surface area (Å²) in [6.45, 7) is 14.7. The molecule has 4 aliphatic carbocycles. The van der Waals surface area contributed by atoms with Gasteiger partial charge in [-0.2, -0.15) is 0 Å². The van der Waals surface area contributed by atoms with E-state index in [0.29, 0.717) is 16.7 Å². The van der Waals surface area contributed by atoms with Crippen LogP contribution in [0.5, 0.6) is 0 Å². The predicted octanol–water partition coefficient (Wildman–Crippen LogP) is 7.94. The fraction of sp³-hybridized carbons (Fsp3) is 0.862. The molecule has 3 fully saturated rings. The molecule has 0 aliphatic heterocycles. The fourth-order valence-electron chi connectivity index (χ4n) is 8.98. The average molecular weight is 413 g/mol. The quantitative estimate of drug-likeness (QED) is 0.454. The molecule has 0 spiro atoms. The molecule has 0 heterocycles. The summed E-state index contributed by atoms with van der Waals surface area (Å²) in [5.41, 5.74) is 4.21. The molecule has 30 heavy (non-hydrogen) atoms. The van der Waals surface area contributed by atoms with Crippen LogP contribution in [0.2, 0.25) is 0 Å². The maximum absolute atomic E-state index is 10.2. The molecule has 0 unspecified atom stereocenters. The molecule has 8 atom stereocenters. The third-order valence-electron chi connectivity index (χ3n) is 10.8. The molecule has 0 aromatic rings. The lowest BCUT2D eigenvalue weighted by Gasteiger charge is -2.58. The Kier molecular flexibility index (Phi) is 6.35. The molecule has 0 amide bonds. The van der Waals surface area contributed by atoms with Gasteiger partial charge in [-0.25, -0.2) is 0 Å². The highest BCUT2D eigenvalue weighted by atomic mass is 16.3. The monoisotopic (exact) mass is 412 g/mol. The Balaban J connectivity index is 1.49. The summed E-state index contributed by atoms with van der Waals surface area (Å²) < 4.78 is 0. The van der Waals surface area contributed by atoms with Gasteiger partial charge >= 0.3 is 0 Å². The van der Waals surface area contributed by atoms with Crippen LogP contribution in [0.4, 0.5) is 0 Å². The number of rotatable bonds is 5. The largest absolute Gasteiger partial charge is 0.393 e. The molecular weight excluding hydrogens is 364 g/mol. The first-order valence-electron chi connectivity index (χ1n) is 13.2. The molecule has 1 heteroatoms. The molecule has 0 aromatic carbocycles. The van der Waals surface area contributed by atoms with Crippen LogP contribution < -0.4 is 0 Å². The summed E-state index contributed by atoms with van der Waals surface area (Å²) >= 11 is 0. The minimum Gasteiger partial charge on any atom is -0.393 e. The van der Waals surface area contributed by atoms with Crippen molar-refractivity contribution in [2.24, 2.45) is 46.3 Å². The zero-order valence-corrected chi connectivity index (χ0v) is 20.7. The zero-order valence-electron chi connectivity index (χ0n) is 20.7.